The Morgan fingerprint density at radius 3 is 2.56 bits per heavy atom. The summed E-state index contributed by atoms with van der Waals surface area (Å²) in [6, 6.07) is 14.3. The van der Waals surface area contributed by atoms with E-state index in [4.69, 9.17) is 9.51 Å². The van der Waals surface area contributed by atoms with Crippen molar-refractivity contribution in [1.29, 1.82) is 0 Å². The molecule has 3 aromatic rings. The molecule has 32 heavy (non-hydrogen) atoms. The minimum Gasteiger partial charge on any atom is -0.383 e. The Morgan fingerprint density at radius 2 is 1.78 bits per heavy atom. The summed E-state index contributed by atoms with van der Waals surface area (Å²) < 4.78 is 5.70. The number of aromatic nitrogens is 2. The molecule has 7 heteroatoms. The molecule has 0 amide bonds. The zero-order valence-electron chi connectivity index (χ0n) is 18.8. The number of nitrogens with one attached hydrogen (secondary N) is 2. The highest BCUT2D eigenvalue weighted by molar-refractivity contribution is 5.76. The zero-order chi connectivity index (χ0) is 21.8. The summed E-state index contributed by atoms with van der Waals surface area (Å²) in [5, 5.41) is 11.4. The Morgan fingerprint density at radius 1 is 1.00 bits per heavy atom. The topological polar surface area (TPSA) is 69.5 Å². The van der Waals surface area contributed by atoms with Crippen LogP contribution in [0.3, 0.4) is 0 Å². The van der Waals surface area contributed by atoms with Gasteiger partial charge in [-0.3, -0.25) is 0 Å². The Hall–Kier alpha value is -2.90. The average Bonchev–Trinajstić information content (AvgIpc) is 3.54. The first-order chi connectivity index (χ1) is 15.8. The molecule has 0 saturated carbocycles. The molecule has 0 radical (unpaired) electrons. The molecule has 7 nitrogen and oxygen atoms in total. The van der Waals surface area contributed by atoms with Crippen molar-refractivity contribution in [2.75, 3.05) is 62.6 Å². The minimum absolute atomic E-state index is 0.558. The molecule has 2 fully saturated rings. The van der Waals surface area contributed by atoms with Crippen molar-refractivity contribution in [2.45, 2.75) is 19.8 Å². The van der Waals surface area contributed by atoms with Gasteiger partial charge in [0.1, 0.15) is 0 Å². The molecular weight excluding hydrogens is 400 g/mol. The van der Waals surface area contributed by atoms with E-state index in [1.807, 2.05) is 30.3 Å². The molecular formula is C25H32N6O. The molecule has 0 spiro atoms. The lowest BCUT2D eigenvalue weighted by atomic mass is 10.0. The van der Waals surface area contributed by atoms with Crippen molar-refractivity contribution in [3.8, 4) is 22.8 Å². The predicted molar refractivity (Wildman–Crippen MR) is 129 cm³/mol. The maximum Gasteiger partial charge on any atom is 0.258 e. The van der Waals surface area contributed by atoms with Crippen LogP contribution in [0.5, 0.6) is 0 Å². The van der Waals surface area contributed by atoms with Gasteiger partial charge >= 0.3 is 0 Å². The molecule has 0 aliphatic carbocycles. The Kier molecular flexibility index (Phi) is 6.36. The number of rotatable bonds is 7. The summed E-state index contributed by atoms with van der Waals surface area (Å²) in [6.07, 6.45) is 2.64. The molecule has 0 bridgehead atoms. The van der Waals surface area contributed by atoms with Crippen molar-refractivity contribution >= 4 is 11.4 Å². The van der Waals surface area contributed by atoms with Crippen molar-refractivity contribution in [2.24, 2.45) is 0 Å². The van der Waals surface area contributed by atoms with E-state index in [1.165, 1.54) is 37.2 Å². The molecule has 2 aromatic carbocycles. The molecule has 0 atom stereocenters. The van der Waals surface area contributed by atoms with Crippen molar-refractivity contribution in [3.05, 3.63) is 48.0 Å². The van der Waals surface area contributed by atoms with Crippen LogP contribution in [0.15, 0.2) is 47.0 Å². The standard InChI is InChI=1S/C25H32N6O/c1-19-22(27-11-14-30-12-5-6-13-30)17-21(18-23(19)31-15-9-26-10-16-31)25-28-24(29-32-25)20-7-3-2-4-8-20/h2-4,7-8,17-18,26-27H,5-6,9-16H2,1H3. The second-order valence-electron chi connectivity index (χ2n) is 8.67. The number of hydrogen-bond acceptors (Lipinski definition) is 7. The van der Waals surface area contributed by atoms with E-state index in [-0.39, 0.29) is 0 Å². The smallest absolute Gasteiger partial charge is 0.258 e. The first-order valence-corrected chi connectivity index (χ1v) is 11.7. The lowest BCUT2D eigenvalue weighted by Crippen LogP contribution is -2.43. The molecule has 168 valence electrons. The van der Waals surface area contributed by atoms with E-state index in [0.29, 0.717) is 11.7 Å². The van der Waals surface area contributed by atoms with E-state index < -0.39 is 0 Å². The van der Waals surface area contributed by atoms with Crippen LogP contribution in [0.1, 0.15) is 18.4 Å². The van der Waals surface area contributed by atoms with E-state index >= 15 is 0 Å². The maximum atomic E-state index is 5.70. The van der Waals surface area contributed by atoms with Crippen LogP contribution < -0.4 is 15.5 Å². The van der Waals surface area contributed by atoms with Crippen LogP contribution in [-0.4, -0.2) is 67.4 Å². The normalized spacial score (nSPS) is 17.1. The average molecular weight is 433 g/mol. The molecule has 0 unspecified atom stereocenters. The van der Waals surface area contributed by atoms with Gasteiger partial charge in [0, 0.05) is 61.8 Å². The maximum absolute atomic E-state index is 5.70. The lowest BCUT2D eigenvalue weighted by Gasteiger charge is -2.32. The van der Waals surface area contributed by atoms with Crippen molar-refractivity contribution in [3.63, 3.8) is 0 Å². The Bertz CT molecular complexity index is 1020. The molecule has 2 aliphatic rings. The number of hydrogen-bond donors (Lipinski definition) is 2. The van der Waals surface area contributed by atoms with E-state index in [0.717, 1.165) is 56.1 Å². The molecule has 2 saturated heterocycles. The first-order valence-electron chi connectivity index (χ1n) is 11.7. The van der Waals surface area contributed by atoms with Crippen LogP contribution >= 0.6 is 0 Å². The summed E-state index contributed by atoms with van der Waals surface area (Å²) in [5.74, 6) is 1.18. The summed E-state index contributed by atoms with van der Waals surface area (Å²) in [4.78, 5) is 9.70. The second kappa shape index (κ2) is 9.71. The molecule has 1 aromatic heterocycles. The summed E-state index contributed by atoms with van der Waals surface area (Å²) in [6.45, 7) is 10.7. The van der Waals surface area contributed by atoms with Gasteiger partial charge in [0.25, 0.3) is 5.89 Å². The van der Waals surface area contributed by atoms with Crippen LogP contribution in [0.2, 0.25) is 0 Å². The summed E-state index contributed by atoms with van der Waals surface area (Å²) in [7, 11) is 0. The number of anilines is 2. The van der Waals surface area contributed by atoms with Gasteiger partial charge in [0.15, 0.2) is 0 Å². The van der Waals surface area contributed by atoms with E-state index in [1.54, 1.807) is 0 Å². The summed E-state index contributed by atoms with van der Waals surface area (Å²) in [5.41, 5.74) is 5.59. The Labute approximate surface area is 189 Å². The summed E-state index contributed by atoms with van der Waals surface area (Å²) >= 11 is 0. The fourth-order valence-corrected chi connectivity index (χ4v) is 4.64. The van der Waals surface area contributed by atoms with Gasteiger partial charge in [-0.2, -0.15) is 4.98 Å². The van der Waals surface area contributed by atoms with Crippen LogP contribution in [0, 0.1) is 6.92 Å². The van der Waals surface area contributed by atoms with Gasteiger partial charge in [-0.05, 0) is 50.6 Å². The number of nitrogens with zero attached hydrogens (tertiary/aromatic N) is 4. The molecule has 3 heterocycles. The van der Waals surface area contributed by atoms with E-state index in [2.05, 4.69) is 44.6 Å². The highest BCUT2D eigenvalue weighted by Gasteiger charge is 2.19. The van der Waals surface area contributed by atoms with Gasteiger partial charge in [0.05, 0.1) is 0 Å². The quantitative estimate of drug-likeness (QED) is 0.591. The van der Waals surface area contributed by atoms with Gasteiger partial charge in [-0.15, -0.1) is 0 Å². The number of piperazine rings is 1. The first kappa shape index (κ1) is 21.0. The minimum atomic E-state index is 0.558. The van der Waals surface area contributed by atoms with Gasteiger partial charge in [0.2, 0.25) is 5.82 Å². The van der Waals surface area contributed by atoms with Gasteiger partial charge in [-0.25, -0.2) is 0 Å². The second-order valence-corrected chi connectivity index (χ2v) is 8.67. The Balaban J connectivity index is 1.43. The third-order valence-electron chi connectivity index (χ3n) is 6.49. The fraction of sp³-hybridized carbons (Fsp3) is 0.440. The molecule has 2 N–H and O–H groups in total. The monoisotopic (exact) mass is 432 g/mol. The number of benzene rings is 2. The van der Waals surface area contributed by atoms with Crippen LogP contribution in [0.4, 0.5) is 11.4 Å². The SMILES string of the molecule is Cc1c(NCCN2CCCC2)cc(-c2nc(-c3ccccc3)no2)cc1N1CCNCC1. The van der Waals surface area contributed by atoms with Gasteiger partial charge < -0.3 is 25.0 Å². The highest BCUT2D eigenvalue weighted by Crippen LogP contribution is 2.34. The fourth-order valence-electron chi connectivity index (χ4n) is 4.64. The van der Waals surface area contributed by atoms with Crippen LogP contribution in [-0.2, 0) is 0 Å². The van der Waals surface area contributed by atoms with Crippen molar-refractivity contribution < 1.29 is 4.52 Å². The highest BCUT2D eigenvalue weighted by atomic mass is 16.5. The van der Waals surface area contributed by atoms with Crippen molar-refractivity contribution in [1.82, 2.24) is 20.4 Å². The van der Waals surface area contributed by atoms with E-state index in [9.17, 15) is 0 Å². The van der Waals surface area contributed by atoms with Gasteiger partial charge in [-0.1, -0.05) is 35.5 Å². The van der Waals surface area contributed by atoms with Crippen LogP contribution in [0.25, 0.3) is 22.8 Å². The third kappa shape index (κ3) is 4.64. The molecule has 2 aliphatic heterocycles. The zero-order valence-corrected chi connectivity index (χ0v) is 18.8. The largest absolute Gasteiger partial charge is 0.383 e. The predicted octanol–water partition coefficient (Wildman–Crippen LogP) is 3.63. The third-order valence-corrected chi connectivity index (χ3v) is 6.49. The lowest BCUT2D eigenvalue weighted by molar-refractivity contribution is 0.352. The molecule has 5 rings (SSSR count). The number of likely N-dealkylation sites (tertiary alicyclic amines) is 1.